The van der Waals surface area contributed by atoms with Crippen molar-refractivity contribution in [3.05, 3.63) is 62.3 Å². The van der Waals surface area contributed by atoms with E-state index < -0.39 is 0 Å². The van der Waals surface area contributed by atoms with Crippen LogP contribution in [0.1, 0.15) is 18.5 Å². The van der Waals surface area contributed by atoms with Gasteiger partial charge in [0.2, 0.25) is 0 Å². The Labute approximate surface area is 129 Å². The molecule has 0 aliphatic carbocycles. The van der Waals surface area contributed by atoms with E-state index in [4.69, 9.17) is 23.2 Å². The van der Waals surface area contributed by atoms with E-state index in [2.05, 4.69) is 21.2 Å². The van der Waals surface area contributed by atoms with Crippen molar-refractivity contribution in [2.24, 2.45) is 0 Å². The van der Waals surface area contributed by atoms with E-state index >= 15 is 0 Å². The van der Waals surface area contributed by atoms with E-state index in [0.717, 1.165) is 15.7 Å². The first kappa shape index (κ1) is 14.6. The van der Waals surface area contributed by atoms with Gasteiger partial charge in [-0.05, 0) is 52.7 Å². The largest absolute Gasteiger partial charge is 0.377 e. The molecule has 0 aromatic heterocycles. The van der Waals surface area contributed by atoms with E-state index in [-0.39, 0.29) is 11.9 Å². The first-order valence-electron chi connectivity index (χ1n) is 5.64. The van der Waals surface area contributed by atoms with Gasteiger partial charge in [0.1, 0.15) is 5.82 Å². The van der Waals surface area contributed by atoms with Gasteiger partial charge in [0.05, 0.1) is 15.7 Å². The van der Waals surface area contributed by atoms with Crippen molar-refractivity contribution in [2.45, 2.75) is 13.0 Å². The lowest BCUT2D eigenvalue weighted by Crippen LogP contribution is -2.07. The molecule has 0 aliphatic rings. The molecule has 1 atom stereocenters. The summed E-state index contributed by atoms with van der Waals surface area (Å²) in [5.41, 5.74) is 1.71. The standard InChI is InChI=1S/C14H11BrCl2FN/c1-8(9-2-4-10(18)5-3-9)19-12-7-6-11(15)13(16)14(12)17/h2-8,19H,1H3. The summed E-state index contributed by atoms with van der Waals surface area (Å²) in [4.78, 5) is 0. The summed E-state index contributed by atoms with van der Waals surface area (Å²) in [6.07, 6.45) is 0. The highest BCUT2D eigenvalue weighted by atomic mass is 79.9. The van der Waals surface area contributed by atoms with Gasteiger partial charge in [-0.3, -0.25) is 0 Å². The summed E-state index contributed by atoms with van der Waals surface area (Å²) in [5.74, 6) is -0.249. The van der Waals surface area contributed by atoms with Crippen molar-refractivity contribution in [1.82, 2.24) is 0 Å². The minimum absolute atomic E-state index is 0.00431. The average Bonchev–Trinajstić information content (AvgIpc) is 2.40. The maximum absolute atomic E-state index is 12.9. The lowest BCUT2D eigenvalue weighted by Gasteiger charge is -2.17. The maximum atomic E-state index is 12.9. The van der Waals surface area contributed by atoms with Gasteiger partial charge in [-0.25, -0.2) is 4.39 Å². The maximum Gasteiger partial charge on any atom is 0.123 e. The molecule has 0 bridgehead atoms. The lowest BCUT2D eigenvalue weighted by molar-refractivity contribution is 0.626. The number of hydrogen-bond donors (Lipinski definition) is 1. The fourth-order valence-electron chi connectivity index (χ4n) is 1.71. The van der Waals surface area contributed by atoms with E-state index in [0.29, 0.717) is 10.0 Å². The van der Waals surface area contributed by atoms with Gasteiger partial charge < -0.3 is 5.32 Å². The molecule has 0 amide bonds. The van der Waals surface area contributed by atoms with Crippen LogP contribution in [0, 0.1) is 5.82 Å². The number of halogens is 4. The third-order valence-electron chi connectivity index (χ3n) is 2.78. The van der Waals surface area contributed by atoms with Crippen LogP contribution in [-0.2, 0) is 0 Å². The van der Waals surface area contributed by atoms with Crippen LogP contribution >= 0.6 is 39.1 Å². The Morgan fingerprint density at radius 1 is 1.05 bits per heavy atom. The smallest absolute Gasteiger partial charge is 0.123 e. The van der Waals surface area contributed by atoms with Crippen LogP contribution in [0.5, 0.6) is 0 Å². The molecule has 1 nitrogen and oxygen atoms in total. The monoisotopic (exact) mass is 361 g/mol. The summed E-state index contributed by atoms with van der Waals surface area (Å²) in [7, 11) is 0. The van der Waals surface area contributed by atoms with Gasteiger partial charge in [-0.1, -0.05) is 35.3 Å². The van der Waals surface area contributed by atoms with Gasteiger partial charge in [0.15, 0.2) is 0 Å². The van der Waals surface area contributed by atoms with Gasteiger partial charge in [-0.2, -0.15) is 0 Å². The van der Waals surface area contributed by atoms with Crippen molar-refractivity contribution in [1.29, 1.82) is 0 Å². The first-order chi connectivity index (χ1) is 8.99. The Kier molecular flexibility index (Phi) is 4.71. The SMILES string of the molecule is CC(Nc1ccc(Br)c(Cl)c1Cl)c1ccc(F)cc1. The number of benzene rings is 2. The fraction of sp³-hybridized carbons (Fsp3) is 0.143. The number of nitrogens with one attached hydrogen (secondary N) is 1. The summed E-state index contributed by atoms with van der Waals surface area (Å²) in [6, 6.07) is 10.0. The Morgan fingerprint density at radius 2 is 1.68 bits per heavy atom. The van der Waals surface area contributed by atoms with Gasteiger partial charge in [0, 0.05) is 10.5 Å². The minimum atomic E-state index is -0.249. The zero-order valence-corrected chi connectivity index (χ0v) is 13.2. The highest BCUT2D eigenvalue weighted by Crippen LogP contribution is 2.37. The second-order valence-electron chi connectivity index (χ2n) is 4.14. The van der Waals surface area contributed by atoms with Gasteiger partial charge in [-0.15, -0.1) is 0 Å². The van der Waals surface area contributed by atoms with E-state index in [1.165, 1.54) is 12.1 Å². The predicted octanol–water partition coefficient (Wildman–Crippen LogP) is 6.07. The third kappa shape index (κ3) is 3.41. The quantitative estimate of drug-likeness (QED) is 0.653. The first-order valence-corrected chi connectivity index (χ1v) is 7.19. The molecular formula is C14H11BrCl2FN. The van der Waals surface area contributed by atoms with Crippen LogP contribution < -0.4 is 5.32 Å². The summed E-state index contributed by atoms with van der Waals surface area (Å²) in [6.45, 7) is 1.97. The summed E-state index contributed by atoms with van der Waals surface area (Å²) < 4.78 is 13.6. The molecule has 100 valence electrons. The normalized spacial score (nSPS) is 12.3. The van der Waals surface area contributed by atoms with E-state index in [1.807, 2.05) is 19.1 Å². The minimum Gasteiger partial charge on any atom is -0.377 e. The Balaban J connectivity index is 2.21. The van der Waals surface area contributed by atoms with Crippen LogP contribution in [0.4, 0.5) is 10.1 Å². The molecule has 5 heteroatoms. The molecule has 0 saturated heterocycles. The lowest BCUT2D eigenvalue weighted by atomic mass is 10.1. The molecule has 0 aliphatic heterocycles. The molecule has 0 heterocycles. The Hall–Kier alpha value is -0.770. The average molecular weight is 363 g/mol. The van der Waals surface area contributed by atoms with Crippen LogP contribution in [-0.4, -0.2) is 0 Å². The molecule has 0 radical (unpaired) electrons. The van der Waals surface area contributed by atoms with Crippen molar-refractivity contribution >= 4 is 44.8 Å². The van der Waals surface area contributed by atoms with Crippen LogP contribution in [0.15, 0.2) is 40.9 Å². The topological polar surface area (TPSA) is 12.0 Å². The molecule has 0 spiro atoms. The number of rotatable bonds is 3. The predicted molar refractivity (Wildman–Crippen MR) is 82.6 cm³/mol. The third-order valence-corrected chi connectivity index (χ3v) is 4.55. The molecule has 0 fully saturated rings. The van der Waals surface area contributed by atoms with Gasteiger partial charge >= 0.3 is 0 Å². The van der Waals surface area contributed by atoms with Crippen LogP contribution in [0.2, 0.25) is 10.0 Å². The van der Waals surface area contributed by atoms with Crippen molar-refractivity contribution in [3.63, 3.8) is 0 Å². The van der Waals surface area contributed by atoms with Crippen LogP contribution in [0.25, 0.3) is 0 Å². The molecule has 1 unspecified atom stereocenters. The molecule has 2 rings (SSSR count). The second-order valence-corrected chi connectivity index (χ2v) is 5.75. The number of anilines is 1. The zero-order chi connectivity index (χ0) is 14.0. The van der Waals surface area contributed by atoms with Gasteiger partial charge in [0.25, 0.3) is 0 Å². The van der Waals surface area contributed by atoms with Crippen molar-refractivity contribution < 1.29 is 4.39 Å². The second kappa shape index (κ2) is 6.12. The zero-order valence-electron chi connectivity index (χ0n) is 10.1. The molecular weight excluding hydrogens is 352 g/mol. The Bertz CT molecular complexity index is 587. The van der Waals surface area contributed by atoms with Crippen molar-refractivity contribution in [2.75, 3.05) is 5.32 Å². The van der Waals surface area contributed by atoms with Crippen molar-refractivity contribution in [3.8, 4) is 0 Å². The van der Waals surface area contributed by atoms with E-state index in [9.17, 15) is 4.39 Å². The summed E-state index contributed by atoms with van der Waals surface area (Å²) in [5, 5.41) is 4.19. The molecule has 0 saturated carbocycles. The molecule has 2 aromatic rings. The molecule has 2 aromatic carbocycles. The number of hydrogen-bond acceptors (Lipinski definition) is 1. The highest BCUT2D eigenvalue weighted by Gasteiger charge is 2.11. The fourth-order valence-corrected chi connectivity index (χ4v) is 2.53. The van der Waals surface area contributed by atoms with Crippen LogP contribution in [0.3, 0.4) is 0 Å². The van der Waals surface area contributed by atoms with E-state index in [1.54, 1.807) is 12.1 Å². The highest BCUT2D eigenvalue weighted by molar-refractivity contribution is 9.10. The molecule has 19 heavy (non-hydrogen) atoms. The Morgan fingerprint density at radius 3 is 2.32 bits per heavy atom. The summed E-state index contributed by atoms with van der Waals surface area (Å²) >= 11 is 15.5. The molecule has 1 N–H and O–H groups in total.